The van der Waals surface area contributed by atoms with Gasteiger partial charge in [-0.1, -0.05) is 13.0 Å². The lowest BCUT2D eigenvalue weighted by Crippen LogP contribution is -2.47. The van der Waals surface area contributed by atoms with Crippen molar-refractivity contribution < 1.29 is 0 Å². The molecule has 0 spiro atoms. The van der Waals surface area contributed by atoms with Crippen LogP contribution in [0, 0.1) is 0 Å². The van der Waals surface area contributed by atoms with E-state index >= 15 is 0 Å². The summed E-state index contributed by atoms with van der Waals surface area (Å²) in [6.07, 6.45) is 1.82. The highest BCUT2D eigenvalue weighted by Gasteiger charge is 2.14. The van der Waals surface area contributed by atoms with Gasteiger partial charge in [-0.15, -0.1) is 0 Å². The summed E-state index contributed by atoms with van der Waals surface area (Å²) in [6.45, 7) is 8.94. The molecule has 2 heterocycles. The molecule has 16 heavy (non-hydrogen) atoms. The number of nitrogens with one attached hydrogen (secondary N) is 1. The molecule has 1 N–H and O–H groups in total. The zero-order valence-electron chi connectivity index (χ0n) is 9.89. The third-order valence-electron chi connectivity index (χ3n) is 3.06. The molecule has 4 heteroatoms. The second-order valence-corrected chi connectivity index (χ2v) is 4.10. The van der Waals surface area contributed by atoms with E-state index < -0.39 is 0 Å². The summed E-state index contributed by atoms with van der Waals surface area (Å²) < 4.78 is 0. The Hall–Kier alpha value is -1.13. The summed E-state index contributed by atoms with van der Waals surface area (Å²) in [5.74, 6) is 0.959. The van der Waals surface area contributed by atoms with Crippen molar-refractivity contribution >= 4 is 5.82 Å². The Kier molecular flexibility index (Phi) is 4.13. The first-order valence-electron chi connectivity index (χ1n) is 5.98. The average Bonchev–Trinajstić information content (AvgIpc) is 2.38. The minimum absolute atomic E-state index is 0.897. The number of likely N-dealkylation sites (N-methyl/N-ethyl adjacent to an activating group) is 1. The normalized spacial score (nSPS) is 18.6. The molecule has 1 fully saturated rings. The molecular weight excluding hydrogens is 200 g/mol. The van der Waals surface area contributed by atoms with Gasteiger partial charge in [0.15, 0.2) is 0 Å². The largest absolute Gasteiger partial charge is 0.357 e. The highest BCUT2D eigenvalue weighted by molar-refractivity contribution is 5.32. The van der Waals surface area contributed by atoms with Gasteiger partial charge in [-0.05, 0) is 18.7 Å². The Labute approximate surface area is 97.3 Å². The van der Waals surface area contributed by atoms with Gasteiger partial charge in [-0.25, -0.2) is 4.98 Å². The van der Waals surface area contributed by atoms with E-state index in [1.807, 2.05) is 24.4 Å². The van der Waals surface area contributed by atoms with Crippen LogP contribution in [0.1, 0.15) is 6.92 Å². The van der Waals surface area contributed by atoms with E-state index in [9.17, 15) is 0 Å². The summed E-state index contributed by atoms with van der Waals surface area (Å²) >= 11 is 0. The number of aromatic nitrogens is 1. The molecule has 0 amide bonds. The van der Waals surface area contributed by atoms with Gasteiger partial charge in [0, 0.05) is 32.4 Å². The van der Waals surface area contributed by atoms with Gasteiger partial charge in [-0.3, -0.25) is 4.90 Å². The third kappa shape index (κ3) is 3.18. The Bertz CT molecular complexity index is 293. The lowest BCUT2D eigenvalue weighted by atomic mass is 10.3. The van der Waals surface area contributed by atoms with Crippen molar-refractivity contribution in [3.63, 3.8) is 0 Å². The summed E-state index contributed by atoms with van der Waals surface area (Å²) in [5, 5.41) is 3.34. The number of hydrogen-bond donors (Lipinski definition) is 1. The van der Waals surface area contributed by atoms with Gasteiger partial charge in [0.05, 0.1) is 6.67 Å². The summed E-state index contributed by atoms with van der Waals surface area (Å²) in [5.41, 5.74) is 0. The second-order valence-electron chi connectivity index (χ2n) is 4.10. The number of nitrogens with zero attached hydrogens (tertiary/aromatic N) is 3. The fourth-order valence-electron chi connectivity index (χ4n) is 1.92. The summed E-state index contributed by atoms with van der Waals surface area (Å²) in [4.78, 5) is 9.16. The fourth-order valence-corrected chi connectivity index (χ4v) is 1.92. The predicted molar refractivity (Wildman–Crippen MR) is 66.4 cm³/mol. The van der Waals surface area contributed by atoms with E-state index in [0.717, 1.165) is 25.6 Å². The van der Waals surface area contributed by atoms with Gasteiger partial charge in [0.1, 0.15) is 5.82 Å². The minimum Gasteiger partial charge on any atom is -0.357 e. The maximum atomic E-state index is 4.25. The number of pyridine rings is 1. The molecule has 0 atom stereocenters. The van der Waals surface area contributed by atoms with Gasteiger partial charge in [0.2, 0.25) is 0 Å². The number of rotatable bonds is 4. The molecule has 1 saturated heterocycles. The van der Waals surface area contributed by atoms with Crippen molar-refractivity contribution in [2.45, 2.75) is 6.92 Å². The zero-order valence-corrected chi connectivity index (χ0v) is 9.89. The monoisotopic (exact) mass is 220 g/mol. The molecule has 1 aromatic heterocycles. The number of piperazine rings is 1. The van der Waals surface area contributed by atoms with E-state index in [-0.39, 0.29) is 0 Å². The van der Waals surface area contributed by atoms with E-state index in [4.69, 9.17) is 0 Å². The Morgan fingerprint density at radius 2 is 1.94 bits per heavy atom. The smallest absolute Gasteiger partial charge is 0.126 e. The first-order chi connectivity index (χ1) is 7.88. The maximum absolute atomic E-state index is 4.25. The molecule has 0 bridgehead atoms. The Morgan fingerprint density at radius 3 is 2.56 bits per heavy atom. The van der Waals surface area contributed by atoms with Gasteiger partial charge >= 0.3 is 0 Å². The van der Waals surface area contributed by atoms with Crippen molar-refractivity contribution in [2.24, 2.45) is 0 Å². The summed E-state index contributed by atoms with van der Waals surface area (Å²) in [7, 11) is 0. The van der Waals surface area contributed by atoms with Crippen LogP contribution in [0.15, 0.2) is 24.4 Å². The molecule has 1 aliphatic rings. The second kappa shape index (κ2) is 5.82. The van der Waals surface area contributed by atoms with E-state index in [1.54, 1.807) is 0 Å². The Balaban J connectivity index is 1.72. The van der Waals surface area contributed by atoms with E-state index in [2.05, 4.69) is 27.0 Å². The lowest BCUT2D eigenvalue weighted by molar-refractivity contribution is 0.144. The van der Waals surface area contributed by atoms with Crippen LogP contribution in [0.2, 0.25) is 0 Å². The molecule has 0 saturated carbocycles. The van der Waals surface area contributed by atoms with Crippen LogP contribution >= 0.6 is 0 Å². The molecule has 4 nitrogen and oxygen atoms in total. The van der Waals surface area contributed by atoms with Crippen LogP contribution < -0.4 is 5.32 Å². The molecule has 2 rings (SSSR count). The number of anilines is 1. The average molecular weight is 220 g/mol. The third-order valence-corrected chi connectivity index (χ3v) is 3.06. The van der Waals surface area contributed by atoms with Crippen molar-refractivity contribution in [1.82, 2.24) is 14.8 Å². The standard InChI is InChI=1S/C12H20N4/c1-2-15-7-9-16(10-8-15)11-14-12-5-3-4-6-13-12/h3-6H,2,7-11H2,1H3,(H,13,14). The van der Waals surface area contributed by atoms with E-state index in [0.29, 0.717) is 0 Å². The first kappa shape index (κ1) is 11.4. The van der Waals surface area contributed by atoms with Gasteiger partial charge in [0.25, 0.3) is 0 Å². The van der Waals surface area contributed by atoms with Gasteiger partial charge in [-0.2, -0.15) is 0 Å². The predicted octanol–water partition coefficient (Wildman–Crippen LogP) is 1.09. The van der Waals surface area contributed by atoms with Crippen LogP contribution in [-0.4, -0.2) is 54.2 Å². The highest BCUT2D eigenvalue weighted by Crippen LogP contribution is 2.03. The summed E-state index contributed by atoms with van der Waals surface area (Å²) in [6, 6.07) is 5.94. The SMILES string of the molecule is CCN1CCN(CNc2ccccn2)CC1. The van der Waals surface area contributed by atoms with Crippen LogP contribution in [0.4, 0.5) is 5.82 Å². The molecule has 1 aliphatic heterocycles. The van der Waals surface area contributed by atoms with Crippen LogP contribution in [0.5, 0.6) is 0 Å². The van der Waals surface area contributed by atoms with Crippen molar-refractivity contribution in [3.8, 4) is 0 Å². The van der Waals surface area contributed by atoms with Gasteiger partial charge < -0.3 is 10.2 Å². The number of hydrogen-bond acceptors (Lipinski definition) is 4. The molecule has 0 radical (unpaired) electrons. The molecule has 1 aromatic rings. The molecular formula is C12H20N4. The highest BCUT2D eigenvalue weighted by atomic mass is 15.3. The van der Waals surface area contributed by atoms with Crippen molar-refractivity contribution in [3.05, 3.63) is 24.4 Å². The minimum atomic E-state index is 0.897. The van der Waals surface area contributed by atoms with Crippen LogP contribution in [0.3, 0.4) is 0 Å². The topological polar surface area (TPSA) is 31.4 Å². The zero-order chi connectivity index (χ0) is 11.2. The van der Waals surface area contributed by atoms with Crippen LogP contribution in [0.25, 0.3) is 0 Å². The lowest BCUT2D eigenvalue weighted by Gasteiger charge is -2.33. The van der Waals surface area contributed by atoms with Crippen molar-refractivity contribution in [2.75, 3.05) is 44.7 Å². The molecule has 88 valence electrons. The quantitative estimate of drug-likeness (QED) is 0.823. The fraction of sp³-hybridized carbons (Fsp3) is 0.583. The Morgan fingerprint density at radius 1 is 1.19 bits per heavy atom. The molecule has 0 aliphatic carbocycles. The molecule has 0 aromatic carbocycles. The van der Waals surface area contributed by atoms with E-state index in [1.165, 1.54) is 19.6 Å². The first-order valence-corrected chi connectivity index (χ1v) is 5.98. The molecule has 0 unspecified atom stereocenters. The van der Waals surface area contributed by atoms with Crippen molar-refractivity contribution in [1.29, 1.82) is 0 Å². The van der Waals surface area contributed by atoms with Crippen LogP contribution in [-0.2, 0) is 0 Å². The maximum Gasteiger partial charge on any atom is 0.126 e.